The minimum Gasteiger partial charge on any atom is -0.482 e. The molecule has 0 saturated heterocycles. The molecule has 0 aliphatic carbocycles. The van der Waals surface area contributed by atoms with Crippen molar-refractivity contribution in [3.05, 3.63) is 64.9 Å². The van der Waals surface area contributed by atoms with Crippen molar-refractivity contribution in [3.8, 4) is 5.75 Å². The lowest BCUT2D eigenvalue weighted by Gasteiger charge is -2.29. The topological polar surface area (TPSA) is 58.6 Å². The van der Waals surface area contributed by atoms with Crippen molar-refractivity contribution >= 4 is 23.4 Å². The van der Waals surface area contributed by atoms with E-state index in [-0.39, 0.29) is 36.8 Å². The number of ether oxygens (including phenoxy) is 1. The van der Waals surface area contributed by atoms with Gasteiger partial charge in [0.05, 0.1) is 5.02 Å². The summed E-state index contributed by atoms with van der Waals surface area (Å²) < 4.78 is 18.7. The Bertz CT molecular complexity index is 812. The highest BCUT2D eigenvalue weighted by Gasteiger charge is 2.27. The van der Waals surface area contributed by atoms with Gasteiger partial charge in [-0.1, -0.05) is 35.9 Å². The summed E-state index contributed by atoms with van der Waals surface area (Å²) >= 11 is 6.05. The van der Waals surface area contributed by atoms with Crippen molar-refractivity contribution in [3.63, 3.8) is 0 Å². The summed E-state index contributed by atoms with van der Waals surface area (Å²) in [5.41, 5.74) is 0.705. The van der Waals surface area contributed by atoms with E-state index in [0.29, 0.717) is 16.3 Å². The van der Waals surface area contributed by atoms with Crippen molar-refractivity contribution in [1.82, 2.24) is 10.2 Å². The van der Waals surface area contributed by atoms with Crippen LogP contribution in [0.3, 0.4) is 0 Å². The molecule has 150 valence electrons. The van der Waals surface area contributed by atoms with E-state index in [0.717, 1.165) is 0 Å². The molecule has 0 aliphatic rings. The van der Waals surface area contributed by atoms with Crippen molar-refractivity contribution in [1.29, 1.82) is 0 Å². The molecular formula is C21H24ClFN2O3. The molecule has 5 nitrogen and oxygen atoms in total. The Hall–Kier alpha value is -2.60. The second kappa shape index (κ2) is 10.1. The van der Waals surface area contributed by atoms with Crippen LogP contribution in [-0.2, 0) is 16.1 Å². The van der Waals surface area contributed by atoms with Crippen LogP contribution in [0.25, 0.3) is 0 Å². The first-order valence-corrected chi connectivity index (χ1v) is 9.37. The summed E-state index contributed by atoms with van der Waals surface area (Å²) in [7, 11) is 0. The Morgan fingerprint density at radius 3 is 2.36 bits per heavy atom. The number of nitrogens with one attached hydrogen (secondary N) is 1. The molecule has 0 aliphatic heterocycles. The molecule has 2 amide bonds. The molecule has 0 fully saturated rings. The number of halogens is 2. The summed E-state index contributed by atoms with van der Waals surface area (Å²) in [6.45, 7) is 5.21. The van der Waals surface area contributed by atoms with Gasteiger partial charge in [-0.3, -0.25) is 9.59 Å². The molecule has 7 heteroatoms. The Morgan fingerprint density at radius 1 is 1.11 bits per heavy atom. The van der Waals surface area contributed by atoms with Gasteiger partial charge in [0.15, 0.2) is 6.61 Å². The second-order valence-corrected chi connectivity index (χ2v) is 7.11. The largest absolute Gasteiger partial charge is 0.482 e. The van der Waals surface area contributed by atoms with E-state index in [4.69, 9.17) is 16.3 Å². The third kappa shape index (κ3) is 6.23. The summed E-state index contributed by atoms with van der Waals surface area (Å²) in [5, 5.41) is 3.20. The quantitative estimate of drug-likeness (QED) is 0.725. The summed E-state index contributed by atoms with van der Waals surface area (Å²) in [5.74, 6) is -0.633. The monoisotopic (exact) mass is 406 g/mol. The van der Waals surface area contributed by atoms with E-state index in [1.807, 2.05) is 13.8 Å². The van der Waals surface area contributed by atoms with E-state index in [1.165, 1.54) is 17.0 Å². The van der Waals surface area contributed by atoms with Crippen LogP contribution in [-0.4, -0.2) is 35.4 Å². The van der Waals surface area contributed by atoms with Gasteiger partial charge in [0.25, 0.3) is 5.91 Å². The van der Waals surface area contributed by atoms with Crippen LogP contribution in [0.4, 0.5) is 4.39 Å². The molecule has 0 heterocycles. The predicted octanol–water partition coefficient (Wildman–Crippen LogP) is 3.80. The normalized spacial score (nSPS) is 11.8. The lowest BCUT2D eigenvalue weighted by atomic mass is 10.1. The molecule has 2 rings (SSSR count). The van der Waals surface area contributed by atoms with E-state index in [1.54, 1.807) is 43.3 Å². The Balaban J connectivity index is 2.15. The van der Waals surface area contributed by atoms with Crippen molar-refractivity contribution in [2.24, 2.45) is 0 Å². The average molecular weight is 407 g/mol. The summed E-state index contributed by atoms with van der Waals surface area (Å²) in [6, 6.07) is 11.8. The molecule has 0 spiro atoms. The van der Waals surface area contributed by atoms with Crippen LogP contribution in [0.15, 0.2) is 48.5 Å². The number of benzene rings is 2. The van der Waals surface area contributed by atoms with Gasteiger partial charge in [-0.2, -0.15) is 0 Å². The van der Waals surface area contributed by atoms with E-state index < -0.39 is 6.04 Å². The fraction of sp³-hybridized carbons (Fsp3) is 0.333. The summed E-state index contributed by atoms with van der Waals surface area (Å²) in [6.07, 6.45) is 0. The van der Waals surface area contributed by atoms with Crippen LogP contribution < -0.4 is 10.1 Å². The van der Waals surface area contributed by atoms with E-state index in [9.17, 15) is 14.0 Å². The smallest absolute Gasteiger partial charge is 0.261 e. The highest BCUT2D eigenvalue weighted by molar-refractivity contribution is 6.32. The number of carbonyl (C=O) groups is 2. The van der Waals surface area contributed by atoms with Gasteiger partial charge in [-0.25, -0.2) is 4.39 Å². The minimum absolute atomic E-state index is 0.0582. The number of rotatable bonds is 8. The number of nitrogens with zero attached hydrogens (tertiary/aromatic N) is 1. The van der Waals surface area contributed by atoms with Crippen LogP contribution >= 0.6 is 11.6 Å². The predicted molar refractivity (Wildman–Crippen MR) is 107 cm³/mol. The number of amides is 2. The Kier molecular flexibility index (Phi) is 7.81. The molecule has 0 bridgehead atoms. The fourth-order valence-electron chi connectivity index (χ4n) is 2.56. The van der Waals surface area contributed by atoms with Gasteiger partial charge in [0.1, 0.15) is 17.6 Å². The average Bonchev–Trinajstić information content (AvgIpc) is 2.65. The van der Waals surface area contributed by atoms with Gasteiger partial charge in [-0.15, -0.1) is 0 Å². The van der Waals surface area contributed by atoms with Crippen molar-refractivity contribution in [2.45, 2.75) is 39.4 Å². The lowest BCUT2D eigenvalue weighted by molar-refractivity contribution is -0.142. The molecule has 2 aromatic rings. The molecule has 0 unspecified atom stereocenters. The minimum atomic E-state index is -0.727. The van der Waals surface area contributed by atoms with Gasteiger partial charge >= 0.3 is 0 Å². The number of carbonyl (C=O) groups excluding carboxylic acids is 2. The van der Waals surface area contributed by atoms with Crippen LogP contribution in [0, 0.1) is 5.82 Å². The molecule has 2 aromatic carbocycles. The number of hydrogen-bond acceptors (Lipinski definition) is 3. The zero-order valence-electron chi connectivity index (χ0n) is 16.1. The number of hydrogen-bond donors (Lipinski definition) is 1. The van der Waals surface area contributed by atoms with E-state index in [2.05, 4.69) is 5.32 Å². The van der Waals surface area contributed by atoms with Gasteiger partial charge in [0.2, 0.25) is 5.91 Å². The first-order chi connectivity index (χ1) is 13.3. The standard InChI is InChI=1S/C21H24ClFN2O3/c1-14(2)24-21(27)15(3)25(12-16-8-10-17(23)11-9-16)20(26)13-28-19-7-5-4-6-18(19)22/h4-11,14-15H,12-13H2,1-3H3,(H,24,27)/t15-/m1/s1. The third-order valence-electron chi connectivity index (χ3n) is 4.05. The molecule has 28 heavy (non-hydrogen) atoms. The first kappa shape index (κ1) is 21.7. The van der Waals surface area contributed by atoms with Crippen LogP contribution in [0.1, 0.15) is 26.3 Å². The maximum Gasteiger partial charge on any atom is 0.261 e. The highest BCUT2D eigenvalue weighted by Crippen LogP contribution is 2.23. The molecule has 0 saturated carbocycles. The fourth-order valence-corrected chi connectivity index (χ4v) is 2.75. The molecule has 1 N–H and O–H groups in total. The molecule has 0 radical (unpaired) electrons. The zero-order chi connectivity index (χ0) is 20.7. The van der Waals surface area contributed by atoms with Crippen molar-refractivity contribution in [2.75, 3.05) is 6.61 Å². The van der Waals surface area contributed by atoms with E-state index >= 15 is 0 Å². The van der Waals surface area contributed by atoms with Crippen molar-refractivity contribution < 1.29 is 18.7 Å². The Labute approximate surface area is 169 Å². The van der Waals surface area contributed by atoms with Gasteiger partial charge < -0.3 is 15.0 Å². The molecule has 1 atom stereocenters. The highest BCUT2D eigenvalue weighted by atomic mass is 35.5. The maximum atomic E-state index is 13.2. The van der Waals surface area contributed by atoms with Gasteiger partial charge in [0, 0.05) is 12.6 Å². The summed E-state index contributed by atoms with van der Waals surface area (Å²) in [4.78, 5) is 26.7. The van der Waals surface area contributed by atoms with Crippen LogP contribution in [0.5, 0.6) is 5.75 Å². The lowest BCUT2D eigenvalue weighted by Crippen LogP contribution is -2.50. The zero-order valence-corrected chi connectivity index (χ0v) is 16.9. The second-order valence-electron chi connectivity index (χ2n) is 6.71. The Morgan fingerprint density at radius 2 is 1.75 bits per heavy atom. The van der Waals surface area contributed by atoms with Gasteiger partial charge in [-0.05, 0) is 50.6 Å². The third-order valence-corrected chi connectivity index (χ3v) is 4.36. The SMILES string of the molecule is CC(C)NC(=O)[C@@H](C)N(Cc1ccc(F)cc1)C(=O)COc1ccccc1Cl. The van der Waals surface area contributed by atoms with Crippen LogP contribution in [0.2, 0.25) is 5.02 Å². The first-order valence-electron chi connectivity index (χ1n) is 8.99. The number of para-hydroxylation sites is 1. The maximum absolute atomic E-state index is 13.2. The molecular weight excluding hydrogens is 383 g/mol. The molecule has 0 aromatic heterocycles.